The van der Waals surface area contributed by atoms with Crippen LogP contribution in [0.1, 0.15) is 31.4 Å². The van der Waals surface area contributed by atoms with E-state index in [1.807, 2.05) is 23.1 Å². The van der Waals surface area contributed by atoms with Gasteiger partial charge >= 0.3 is 6.03 Å². The molecule has 1 aliphatic rings. The van der Waals surface area contributed by atoms with Crippen LogP contribution in [0.15, 0.2) is 24.3 Å². The third-order valence-electron chi connectivity index (χ3n) is 3.54. The number of hydrogen-bond donors (Lipinski definition) is 1. The van der Waals surface area contributed by atoms with Gasteiger partial charge in [-0.25, -0.2) is 4.79 Å². The van der Waals surface area contributed by atoms with Crippen molar-refractivity contribution in [1.29, 1.82) is 0 Å². The molecule has 1 atom stereocenters. The summed E-state index contributed by atoms with van der Waals surface area (Å²) in [4.78, 5) is 15.8. The summed E-state index contributed by atoms with van der Waals surface area (Å²) in [7, 11) is 3.61. The predicted molar refractivity (Wildman–Crippen MR) is 78.5 cm³/mol. The van der Waals surface area contributed by atoms with E-state index < -0.39 is 0 Å². The van der Waals surface area contributed by atoms with Gasteiger partial charge in [0.1, 0.15) is 0 Å². The first-order chi connectivity index (χ1) is 9.15. The largest absolute Gasteiger partial charge is 0.330 e. The predicted octanol–water partition coefficient (Wildman–Crippen LogP) is 2.62. The summed E-state index contributed by atoms with van der Waals surface area (Å²) in [5.74, 6) is 0. The molecule has 0 saturated heterocycles. The molecule has 0 aliphatic carbocycles. The molecular weight excluding hydrogens is 238 g/mol. The number of carbonyl (C=O) groups excluding carboxylic acids is 1. The number of carbonyl (C=O) groups is 1. The summed E-state index contributed by atoms with van der Waals surface area (Å²) in [5.41, 5.74) is 2.28. The molecule has 1 aliphatic heterocycles. The van der Waals surface area contributed by atoms with E-state index in [1.165, 1.54) is 5.56 Å². The Balaban J connectivity index is 2.38. The number of urea groups is 1. The van der Waals surface area contributed by atoms with Crippen LogP contribution in [0, 0.1) is 0 Å². The lowest BCUT2D eigenvalue weighted by Gasteiger charge is -2.27. The first-order valence-corrected chi connectivity index (χ1v) is 6.96. The summed E-state index contributed by atoms with van der Waals surface area (Å²) in [6, 6.07) is 8.64. The highest BCUT2D eigenvalue weighted by atomic mass is 16.2. The number of nitrogens with one attached hydrogen (secondary N) is 1. The molecule has 4 heteroatoms. The molecule has 0 fully saturated rings. The molecule has 1 N–H and O–H groups in total. The summed E-state index contributed by atoms with van der Waals surface area (Å²) < 4.78 is 0. The first-order valence-electron chi connectivity index (χ1n) is 6.96. The van der Waals surface area contributed by atoms with Crippen LogP contribution in [-0.4, -0.2) is 38.1 Å². The summed E-state index contributed by atoms with van der Waals surface area (Å²) >= 11 is 0. The van der Waals surface area contributed by atoms with Gasteiger partial charge in [0.2, 0.25) is 0 Å². The molecule has 0 bridgehead atoms. The molecule has 1 unspecified atom stereocenters. The molecule has 2 rings (SSSR count). The number of anilines is 1. The standard InChI is InChI=1S/C15H23N3O/c1-4-16-13-9-7-11-18(15(19)17(2)3)14-10-6-5-8-12(13)14/h5-6,8,10,13,16H,4,7,9,11H2,1-3H3. The van der Waals surface area contributed by atoms with E-state index in [2.05, 4.69) is 18.3 Å². The van der Waals surface area contributed by atoms with Crippen LogP contribution in [0.3, 0.4) is 0 Å². The maximum Gasteiger partial charge on any atom is 0.323 e. The van der Waals surface area contributed by atoms with Crippen molar-refractivity contribution < 1.29 is 4.79 Å². The van der Waals surface area contributed by atoms with E-state index >= 15 is 0 Å². The van der Waals surface area contributed by atoms with Crippen molar-refractivity contribution in [2.45, 2.75) is 25.8 Å². The Morgan fingerprint density at radius 1 is 1.42 bits per heavy atom. The second-order valence-electron chi connectivity index (χ2n) is 5.14. The van der Waals surface area contributed by atoms with Crippen LogP contribution in [0.25, 0.3) is 0 Å². The number of fused-ring (bicyclic) bond motifs is 1. The zero-order valence-corrected chi connectivity index (χ0v) is 12.0. The van der Waals surface area contributed by atoms with E-state index in [4.69, 9.17) is 0 Å². The van der Waals surface area contributed by atoms with Crippen LogP contribution in [0.4, 0.5) is 10.5 Å². The van der Waals surface area contributed by atoms with Crippen LogP contribution in [0.2, 0.25) is 0 Å². The average molecular weight is 261 g/mol. The monoisotopic (exact) mass is 261 g/mol. The van der Waals surface area contributed by atoms with Crippen molar-refractivity contribution in [1.82, 2.24) is 10.2 Å². The zero-order chi connectivity index (χ0) is 13.8. The molecular formula is C15H23N3O. The SMILES string of the molecule is CCNC1CCCN(C(=O)N(C)C)c2ccccc21. The second-order valence-corrected chi connectivity index (χ2v) is 5.14. The fourth-order valence-corrected chi connectivity index (χ4v) is 2.66. The Morgan fingerprint density at radius 2 is 2.16 bits per heavy atom. The van der Waals surface area contributed by atoms with Crippen molar-refractivity contribution in [2.24, 2.45) is 0 Å². The highest BCUT2D eigenvalue weighted by molar-refractivity contribution is 5.92. The third-order valence-corrected chi connectivity index (χ3v) is 3.54. The molecule has 0 aromatic heterocycles. The minimum Gasteiger partial charge on any atom is -0.330 e. The van der Waals surface area contributed by atoms with E-state index in [-0.39, 0.29) is 6.03 Å². The lowest BCUT2D eigenvalue weighted by Crippen LogP contribution is -2.39. The third kappa shape index (κ3) is 2.89. The van der Waals surface area contributed by atoms with Gasteiger partial charge in [0.05, 0.1) is 5.69 Å². The number of amides is 2. The smallest absolute Gasteiger partial charge is 0.323 e. The second kappa shape index (κ2) is 6.06. The highest BCUT2D eigenvalue weighted by Gasteiger charge is 2.26. The molecule has 0 radical (unpaired) electrons. The highest BCUT2D eigenvalue weighted by Crippen LogP contribution is 2.33. The van der Waals surface area contributed by atoms with Crippen LogP contribution < -0.4 is 10.2 Å². The van der Waals surface area contributed by atoms with Crippen molar-refractivity contribution in [3.05, 3.63) is 29.8 Å². The zero-order valence-electron chi connectivity index (χ0n) is 12.0. The first kappa shape index (κ1) is 13.9. The van der Waals surface area contributed by atoms with Gasteiger partial charge < -0.3 is 10.2 Å². The van der Waals surface area contributed by atoms with Gasteiger partial charge in [-0.1, -0.05) is 25.1 Å². The van der Waals surface area contributed by atoms with Gasteiger partial charge in [-0.15, -0.1) is 0 Å². The number of nitrogens with zero attached hydrogens (tertiary/aromatic N) is 2. The fraction of sp³-hybridized carbons (Fsp3) is 0.533. The minimum atomic E-state index is 0.0598. The van der Waals surface area contributed by atoms with Gasteiger partial charge in [0, 0.05) is 26.7 Å². The molecule has 0 saturated carbocycles. The molecule has 1 aromatic rings. The summed E-state index contributed by atoms with van der Waals surface area (Å²) in [6.45, 7) is 3.85. The van der Waals surface area contributed by atoms with Gasteiger partial charge in [-0.05, 0) is 31.0 Å². The van der Waals surface area contributed by atoms with Gasteiger partial charge in [0.25, 0.3) is 0 Å². The summed E-state index contributed by atoms with van der Waals surface area (Å²) in [5, 5.41) is 3.52. The Bertz CT molecular complexity index is 445. The quantitative estimate of drug-likeness (QED) is 0.888. The van der Waals surface area contributed by atoms with E-state index in [9.17, 15) is 4.79 Å². The number of rotatable bonds is 2. The maximum absolute atomic E-state index is 12.3. The molecule has 1 aromatic carbocycles. The van der Waals surface area contributed by atoms with Crippen LogP contribution in [0.5, 0.6) is 0 Å². The fourth-order valence-electron chi connectivity index (χ4n) is 2.66. The van der Waals surface area contributed by atoms with Crippen LogP contribution in [-0.2, 0) is 0 Å². The number of para-hydroxylation sites is 1. The Labute approximate surface area is 115 Å². The minimum absolute atomic E-state index is 0.0598. The normalized spacial score (nSPS) is 18.7. The van der Waals surface area contributed by atoms with Crippen molar-refractivity contribution in [2.75, 3.05) is 32.1 Å². The summed E-state index contributed by atoms with van der Waals surface area (Å²) in [6.07, 6.45) is 2.09. The molecule has 104 valence electrons. The molecule has 1 heterocycles. The Kier molecular flexibility index (Phi) is 4.43. The molecule has 19 heavy (non-hydrogen) atoms. The molecule has 4 nitrogen and oxygen atoms in total. The maximum atomic E-state index is 12.3. The van der Waals surface area contributed by atoms with E-state index in [0.29, 0.717) is 6.04 Å². The Morgan fingerprint density at radius 3 is 2.84 bits per heavy atom. The van der Waals surface area contributed by atoms with E-state index in [0.717, 1.165) is 31.6 Å². The van der Waals surface area contributed by atoms with Crippen LogP contribution >= 0.6 is 0 Å². The van der Waals surface area contributed by atoms with Crippen molar-refractivity contribution in [3.8, 4) is 0 Å². The van der Waals surface area contributed by atoms with Gasteiger partial charge in [-0.2, -0.15) is 0 Å². The molecule has 0 spiro atoms. The molecule has 2 amide bonds. The number of hydrogen-bond acceptors (Lipinski definition) is 2. The number of benzene rings is 1. The average Bonchev–Trinajstić information content (AvgIpc) is 2.59. The lowest BCUT2D eigenvalue weighted by molar-refractivity contribution is 0.224. The van der Waals surface area contributed by atoms with Crippen molar-refractivity contribution >= 4 is 11.7 Å². The van der Waals surface area contributed by atoms with Gasteiger partial charge in [0.15, 0.2) is 0 Å². The van der Waals surface area contributed by atoms with Gasteiger partial charge in [-0.3, -0.25) is 4.90 Å². The van der Waals surface area contributed by atoms with E-state index in [1.54, 1.807) is 19.0 Å². The topological polar surface area (TPSA) is 35.6 Å². The van der Waals surface area contributed by atoms with Crippen molar-refractivity contribution in [3.63, 3.8) is 0 Å². The Hall–Kier alpha value is -1.55. The lowest BCUT2D eigenvalue weighted by atomic mass is 10.0.